The number of piperidine rings is 2. The minimum atomic E-state index is -0.676. The molecule has 156 valence electrons. The number of rotatable bonds is 4. The highest BCUT2D eigenvalue weighted by atomic mass is 35.5. The van der Waals surface area contributed by atoms with Crippen LogP contribution in [-0.2, 0) is 11.2 Å². The lowest BCUT2D eigenvalue weighted by atomic mass is 9.86. The summed E-state index contributed by atoms with van der Waals surface area (Å²) in [7, 11) is 0. The minimum absolute atomic E-state index is 0.276. The first-order valence-corrected chi connectivity index (χ1v) is 10.7. The van der Waals surface area contributed by atoms with Gasteiger partial charge in [0.25, 0.3) is 0 Å². The maximum Gasteiger partial charge on any atom is 0.307 e. The lowest BCUT2D eigenvalue weighted by Gasteiger charge is -2.46. The Balaban J connectivity index is 1.42. The van der Waals surface area contributed by atoms with E-state index in [2.05, 4.69) is 32.1 Å². The number of aliphatic carboxylic acids is 1. The SMILES string of the molecule is NC1=NN=C(N2CCC(N3CC(C(=O)O)CCC3Cc3ccc(Cl)cc3)CC2)C1. The molecule has 2 atom stereocenters. The van der Waals surface area contributed by atoms with E-state index in [0.717, 1.165) is 56.1 Å². The van der Waals surface area contributed by atoms with Crippen LogP contribution in [0, 0.1) is 5.92 Å². The number of carboxylic acids is 1. The molecule has 0 amide bonds. The van der Waals surface area contributed by atoms with Crippen LogP contribution in [0.15, 0.2) is 34.5 Å². The maximum absolute atomic E-state index is 11.7. The number of benzene rings is 1. The van der Waals surface area contributed by atoms with E-state index in [1.807, 2.05) is 12.1 Å². The zero-order chi connectivity index (χ0) is 20.4. The molecule has 3 aliphatic rings. The molecule has 2 saturated heterocycles. The number of carboxylic acid groups (broad SMARTS) is 1. The van der Waals surface area contributed by atoms with Crippen molar-refractivity contribution < 1.29 is 9.90 Å². The van der Waals surface area contributed by atoms with Gasteiger partial charge in [-0.3, -0.25) is 9.69 Å². The van der Waals surface area contributed by atoms with Crippen LogP contribution >= 0.6 is 11.6 Å². The van der Waals surface area contributed by atoms with Gasteiger partial charge in [0, 0.05) is 36.7 Å². The van der Waals surface area contributed by atoms with Crippen LogP contribution in [0.5, 0.6) is 0 Å². The highest BCUT2D eigenvalue weighted by Gasteiger charge is 2.37. The molecule has 0 bridgehead atoms. The molecule has 0 saturated carbocycles. The van der Waals surface area contributed by atoms with Gasteiger partial charge >= 0.3 is 5.97 Å². The smallest absolute Gasteiger partial charge is 0.307 e. The molecule has 8 heteroatoms. The third-order valence-corrected chi connectivity index (χ3v) is 6.67. The first-order valence-electron chi connectivity index (χ1n) is 10.4. The molecule has 1 aromatic carbocycles. The monoisotopic (exact) mass is 417 g/mol. The summed E-state index contributed by atoms with van der Waals surface area (Å²) < 4.78 is 0. The molecule has 29 heavy (non-hydrogen) atoms. The second-order valence-corrected chi connectivity index (χ2v) is 8.73. The molecule has 4 rings (SSSR count). The molecule has 0 spiro atoms. The van der Waals surface area contributed by atoms with Crippen LogP contribution in [0.25, 0.3) is 0 Å². The molecule has 2 unspecified atom stereocenters. The molecule has 0 aliphatic carbocycles. The Morgan fingerprint density at radius 3 is 2.48 bits per heavy atom. The Hall–Kier alpha value is -2.12. The zero-order valence-corrected chi connectivity index (χ0v) is 17.3. The molecule has 7 nitrogen and oxygen atoms in total. The Morgan fingerprint density at radius 1 is 1.14 bits per heavy atom. The van der Waals surface area contributed by atoms with Crippen molar-refractivity contribution in [2.75, 3.05) is 19.6 Å². The predicted octanol–water partition coefficient (Wildman–Crippen LogP) is 2.59. The van der Waals surface area contributed by atoms with Crippen molar-refractivity contribution in [1.29, 1.82) is 0 Å². The van der Waals surface area contributed by atoms with E-state index in [1.165, 1.54) is 5.56 Å². The number of hydrogen-bond acceptors (Lipinski definition) is 6. The summed E-state index contributed by atoms with van der Waals surface area (Å²) in [5.41, 5.74) is 7.01. The van der Waals surface area contributed by atoms with E-state index in [4.69, 9.17) is 17.3 Å². The molecular formula is C21H28ClN5O2. The van der Waals surface area contributed by atoms with Crippen molar-refractivity contribution >= 4 is 29.2 Å². The number of hydrogen-bond donors (Lipinski definition) is 2. The largest absolute Gasteiger partial charge is 0.481 e. The number of likely N-dealkylation sites (tertiary alicyclic amines) is 2. The van der Waals surface area contributed by atoms with Crippen LogP contribution in [-0.4, -0.2) is 64.3 Å². The van der Waals surface area contributed by atoms with E-state index in [1.54, 1.807) is 0 Å². The highest BCUT2D eigenvalue weighted by molar-refractivity contribution is 6.30. The Bertz CT molecular complexity index is 802. The fourth-order valence-corrected chi connectivity index (χ4v) is 4.93. The summed E-state index contributed by atoms with van der Waals surface area (Å²) in [5, 5.41) is 18.5. The quantitative estimate of drug-likeness (QED) is 0.785. The Labute approximate surface area is 176 Å². The fraction of sp³-hybridized carbons (Fsp3) is 0.571. The van der Waals surface area contributed by atoms with Crippen molar-refractivity contribution in [2.24, 2.45) is 21.9 Å². The number of carbonyl (C=O) groups is 1. The summed E-state index contributed by atoms with van der Waals surface area (Å²) in [6.07, 6.45) is 5.23. The average Bonchev–Trinajstić information content (AvgIpc) is 3.16. The first-order chi connectivity index (χ1) is 14.0. The Kier molecular flexibility index (Phi) is 6.06. The van der Waals surface area contributed by atoms with Crippen LogP contribution in [0.1, 0.15) is 37.7 Å². The standard InChI is InChI=1S/C21H28ClN5O2/c22-16-4-1-14(2-5-16)11-18-6-3-15(21(28)29)13-27(18)17-7-9-26(10-8-17)20-12-19(23)24-25-20/h1-2,4-5,15,17-18H,3,6-13H2,(H2,23,24)(H,28,29). The summed E-state index contributed by atoms with van der Waals surface area (Å²) in [5.74, 6) is 0.582. The van der Waals surface area contributed by atoms with Gasteiger partial charge in [0.05, 0.1) is 12.3 Å². The summed E-state index contributed by atoms with van der Waals surface area (Å²) in [4.78, 5) is 16.4. The van der Waals surface area contributed by atoms with Crippen LogP contribution in [0.4, 0.5) is 0 Å². The molecule has 0 radical (unpaired) electrons. The average molecular weight is 418 g/mol. The fourth-order valence-electron chi connectivity index (χ4n) is 4.80. The molecule has 3 heterocycles. The van der Waals surface area contributed by atoms with E-state index in [-0.39, 0.29) is 5.92 Å². The van der Waals surface area contributed by atoms with Gasteiger partial charge in [-0.25, -0.2) is 0 Å². The lowest BCUT2D eigenvalue weighted by molar-refractivity contribution is -0.145. The van der Waals surface area contributed by atoms with Gasteiger partial charge in [-0.15, -0.1) is 10.2 Å². The summed E-state index contributed by atoms with van der Waals surface area (Å²) in [6.45, 7) is 2.46. The van der Waals surface area contributed by atoms with Gasteiger partial charge in [0.1, 0.15) is 11.7 Å². The normalized spacial score (nSPS) is 26.3. The van der Waals surface area contributed by atoms with Gasteiger partial charge < -0.3 is 15.7 Å². The van der Waals surface area contributed by atoms with Gasteiger partial charge in [-0.2, -0.15) is 0 Å². The summed E-state index contributed by atoms with van der Waals surface area (Å²) >= 11 is 6.03. The van der Waals surface area contributed by atoms with Crippen molar-refractivity contribution in [3.63, 3.8) is 0 Å². The van der Waals surface area contributed by atoms with Gasteiger partial charge in [0.15, 0.2) is 0 Å². The van der Waals surface area contributed by atoms with Crippen molar-refractivity contribution in [2.45, 2.75) is 50.6 Å². The second kappa shape index (κ2) is 8.71. The molecule has 1 aromatic rings. The van der Waals surface area contributed by atoms with Gasteiger partial charge in [0.2, 0.25) is 0 Å². The van der Waals surface area contributed by atoms with E-state index in [9.17, 15) is 9.90 Å². The summed E-state index contributed by atoms with van der Waals surface area (Å²) in [6, 6.07) is 8.78. The highest BCUT2D eigenvalue weighted by Crippen LogP contribution is 2.31. The zero-order valence-electron chi connectivity index (χ0n) is 16.5. The number of nitrogens with zero attached hydrogens (tertiary/aromatic N) is 4. The topological polar surface area (TPSA) is 94.5 Å². The second-order valence-electron chi connectivity index (χ2n) is 8.30. The number of nitrogens with two attached hydrogens (primary N) is 1. The maximum atomic E-state index is 11.7. The van der Waals surface area contributed by atoms with Crippen molar-refractivity contribution in [1.82, 2.24) is 9.80 Å². The van der Waals surface area contributed by atoms with E-state index < -0.39 is 5.97 Å². The molecular weight excluding hydrogens is 390 g/mol. The lowest BCUT2D eigenvalue weighted by Crippen LogP contribution is -2.55. The number of amidine groups is 2. The third-order valence-electron chi connectivity index (χ3n) is 6.41. The Morgan fingerprint density at radius 2 is 1.86 bits per heavy atom. The van der Waals surface area contributed by atoms with Crippen molar-refractivity contribution in [3.8, 4) is 0 Å². The van der Waals surface area contributed by atoms with E-state index in [0.29, 0.717) is 30.9 Å². The van der Waals surface area contributed by atoms with E-state index >= 15 is 0 Å². The molecule has 3 N–H and O–H groups in total. The van der Waals surface area contributed by atoms with Crippen molar-refractivity contribution in [3.05, 3.63) is 34.9 Å². The third kappa shape index (κ3) is 4.73. The van der Waals surface area contributed by atoms with Crippen LogP contribution in [0.2, 0.25) is 5.02 Å². The first kappa shape index (κ1) is 20.2. The number of halogens is 1. The molecule has 2 fully saturated rings. The molecule has 0 aromatic heterocycles. The molecule has 3 aliphatic heterocycles. The van der Waals surface area contributed by atoms with Gasteiger partial charge in [-0.05, 0) is 49.8 Å². The minimum Gasteiger partial charge on any atom is -0.481 e. The van der Waals surface area contributed by atoms with Crippen LogP contribution < -0.4 is 5.73 Å². The van der Waals surface area contributed by atoms with Gasteiger partial charge in [-0.1, -0.05) is 23.7 Å². The predicted molar refractivity (Wildman–Crippen MR) is 114 cm³/mol. The van der Waals surface area contributed by atoms with Crippen LogP contribution in [0.3, 0.4) is 0 Å².